The molecule has 0 unspecified atom stereocenters. The van der Waals surface area contributed by atoms with Gasteiger partial charge in [-0.1, -0.05) is 0 Å². The van der Waals surface area contributed by atoms with Crippen molar-refractivity contribution < 1.29 is 14.3 Å². The number of nitrogen functional groups attached to an aromatic ring is 1. The van der Waals surface area contributed by atoms with E-state index < -0.39 is 0 Å². The van der Waals surface area contributed by atoms with E-state index in [1.165, 1.54) is 13.3 Å². The molecule has 0 radical (unpaired) electrons. The zero-order valence-corrected chi connectivity index (χ0v) is 10.7. The fourth-order valence-corrected chi connectivity index (χ4v) is 1.68. The molecule has 0 aliphatic carbocycles. The molecule has 0 aliphatic rings. The molecule has 0 saturated heterocycles. The van der Waals surface area contributed by atoms with Gasteiger partial charge >= 0.3 is 0 Å². The van der Waals surface area contributed by atoms with Crippen molar-refractivity contribution in [3.8, 4) is 11.5 Å². The summed E-state index contributed by atoms with van der Waals surface area (Å²) in [5.41, 5.74) is 6.47. The molecule has 0 bridgehead atoms. The maximum Gasteiger partial charge on any atom is 0.194 e. The predicted octanol–water partition coefficient (Wildman–Crippen LogP) is 1.91. The molecule has 1 aromatic heterocycles. The quantitative estimate of drug-likeness (QED) is 0.848. The Morgan fingerprint density at radius 2 is 1.74 bits per heavy atom. The highest BCUT2D eigenvalue weighted by atomic mass is 16.5. The molecule has 2 rings (SSSR count). The van der Waals surface area contributed by atoms with E-state index in [4.69, 9.17) is 15.2 Å². The van der Waals surface area contributed by atoms with Crippen molar-refractivity contribution in [2.75, 3.05) is 20.0 Å². The average molecular weight is 258 g/mol. The van der Waals surface area contributed by atoms with Crippen LogP contribution in [0.15, 0.2) is 36.5 Å². The van der Waals surface area contributed by atoms with Crippen LogP contribution in [0.4, 0.5) is 5.82 Å². The number of carbonyl (C=O) groups excluding carboxylic acids is 1. The lowest BCUT2D eigenvalue weighted by Crippen LogP contribution is -2.03. The van der Waals surface area contributed by atoms with Gasteiger partial charge in [0.05, 0.1) is 14.2 Å². The number of pyridine rings is 1. The van der Waals surface area contributed by atoms with Gasteiger partial charge in [-0.25, -0.2) is 4.98 Å². The van der Waals surface area contributed by atoms with Crippen LogP contribution in [-0.2, 0) is 0 Å². The summed E-state index contributed by atoms with van der Waals surface area (Å²) in [6, 6.07) is 8.24. The third kappa shape index (κ3) is 2.65. The van der Waals surface area contributed by atoms with E-state index in [1.807, 2.05) is 0 Å². The molecule has 0 fully saturated rings. The summed E-state index contributed by atoms with van der Waals surface area (Å²) in [4.78, 5) is 16.2. The first kappa shape index (κ1) is 12.9. The highest BCUT2D eigenvalue weighted by Crippen LogP contribution is 2.28. The van der Waals surface area contributed by atoms with Gasteiger partial charge in [-0.15, -0.1) is 0 Å². The predicted molar refractivity (Wildman–Crippen MR) is 71.6 cm³/mol. The minimum atomic E-state index is -0.145. The van der Waals surface area contributed by atoms with Crippen LogP contribution >= 0.6 is 0 Å². The number of ether oxygens (including phenoxy) is 2. The maximum absolute atomic E-state index is 12.2. The third-order valence-corrected chi connectivity index (χ3v) is 2.69. The van der Waals surface area contributed by atoms with E-state index in [1.54, 1.807) is 37.4 Å². The molecule has 1 aromatic carbocycles. The molecular weight excluding hydrogens is 244 g/mol. The minimum absolute atomic E-state index is 0.145. The summed E-state index contributed by atoms with van der Waals surface area (Å²) in [5.74, 6) is 1.32. The number of nitrogens with zero attached hydrogens (tertiary/aromatic N) is 1. The van der Waals surface area contributed by atoms with Crippen molar-refractivity contribution in [3.63, 3.8) is 0 Å². The molecule has 2 aromatic rings. The highest BCUT2D eigenvalue weighted by molar-refractivity contribution is 6.09. The smallest absolute Gasteiger partial charge is 0.194 e. The Hall–Kier alpha value is -2.56. The Morgan fingerprint density at radius 3 is 2.32 bits per heavy atom. The average Bonchev–Trinajstić information content (AvgIpc) is 2.46. The van der Waals surface area contributed by atoms with Gasteiger partial charge in [-0.2, -0.15) is 0 Å². The topological polar surface area (TPSA) is 74.4 Å². The van der Waals surface area contributed by atoms with Crippen LogP contribution in [0.3, 0.4) is 0 Å². The van der Waals surface area contributed by atoms with Crippen molar-refractivity contribution in [1.29, 1.82) is 0 Å². The van der Waals surface area contributed by atoms with E-state index in [0.717, 1.165) is 0 Å². The fraction of sp³-hybridized carbons (Fsp3) is 0.143. The van der Waals surface area contributed by atoms with Crippen LogP contribution in [0, 0.1) is 0 Å². The summed E-state index contributed by atoms with van der Waals surface area (Å²) in [7, 11) is 3.07. The summed E-state index contributed by atoms with van der Waals surface area (Å²) >= 11 is 0. The molecule has 0 saturated carbocycles. The number of rotatable bonds is 4. The van der Waals surface area contributed by atoms with Crippen LogP contribution in [-0.4, -0.2) is 25.0 Å². The Balaban J connectivity index is 2.36. The van der Waals surface area contributed by atoms with Gasteiger partial charge in [-0.3, -0.25) is 4.79 Å². The second-order valence-corrected chi connectivity index (χ2v) is 3.87. The number of methoxy groups -OCH3 is 2. The van der Waals surface area contributed by atoms with Gasteiger partial charge in [0.25, 0.3) is 0 Å². The first-order valence-corrected chi connectivity index (χ1v) is 5.64. The van der Waals surface area contributed by atoms with E-state index >= 15 is 0 Å². The summed E-state index contributed by atoms with van der Waals surface area (Å²) < 4.78 is 10.3. The molecule has 5 nitrogen and oxygen atoms in total. The summed E-state index contributed by atoms with van der Waals surface area (Å²) in [6.07, 6.45) is 1.45. The number of aromatic nitrogens is 1. The first-order valence-electron chi connectivity index (χ1n) is 5.64. The maximum atomic E-state index is 12.2. The second-order valence-electron chi connectivity index (χ2n) is 3.87. The normalized spacial score (nSPS) is 10.0. The number of ketones is 1. The van der Waals surface area contributed by atoms with E-state index in [0.29, 0.717) is 28.4 Å². The zero-order chi connectivity index (χ0) is 13.8. The Kier molecular flexibility index (Phi) is 3.66. The van der Waals surface area contributed by atoms with Crippen molar-refractivity contribution in [2.24, 2.45) is 0 Å². The number of carbonyl (C=O) groups is 1. The van der Waals surface area contributed by atoms with Gasteiger partial charge in [0.1, 0.15) is 5.82 Å². The largest absolute Gasteiger partial charge is 0.493 e. The Labute approximate surface area is 111 Å². The van der Waals surface area contributed by atoms with E-state index in [9.17, 15) is 4.79 Å². The second kappa shape index (κ2) is 5.39. The summed E-state index contributed by atoms with van der Waals surface area (Å²) in [6.45, 7) is 0. The van der Waals surface area contributed by atoms with E-state index in [2.05, 4.69) is 4.98 Å². The number of nitrogens with two attached hydrogens (primary N) is 1. The molecule has 0 aliphatic heterocycles. The van der Waals surface area contributed by atoms with Crippen LogP contribution in [0.5, 0.6) is 11.5 Å². The van der Waals surface area contributed by atoms with Gasteiger partial charge in [0.15, 0.2) is 17.3 Å². The van der Waals surface area contributed by atoms with Gasteiger partial charge in [0, 0.05) is 17.3 Å². The number of anilines is 1. The van der Waals surface area contributed by atoms with Gasteiger partial charge < -0.3 is 15.2 Å². The van der Waals surface area contributed by atoms with Crippen molar-refractivity contribution >= 4 is 11.6 Å². The van der Waals surface area contributed by atoms with Crippen molar-refractivity contribution in [2.45, 2.75) is 0 Å². The Morgan fingerprint density at radius 1 is 1.05 bits per heavy atom. The standard InChI is InChI=1S/C14H14N2O3/c1-18-11-5-3-9(7-12(11)19-2)14(17)10-4-6-13(15)16-8-10/h3-8H,1-2H3,(H2,15,16). The molecule has 0 amide bonds. The third-order valence-electron chi connectivity index (χ3n) is 2.69. The van der Waals surface area contributed by atoms with Crippen molar-refractivity contribution in [3.05, 3.63) is 47.7 Å². The number of hydrogen-bond donors (Lipinski definition) is 1. The van der Waals surface area contributed by atoms with Crippen LogP contribution in [0.25, 0.3) is 0 Å². The molecule has 19 heavy (non-hydrogen) atoms. The molecule has 1 heterocycles. The fourth-order valence-electron chi connectivity index (χ4n) is 1.68. The molecular formula is C14H14N2O3. The summed E-state index contributed by atoms with van der Waals surface area (Å²) in [5, 5.41) is 0. The lowest BCUT2D eigenvalue weighted by Gasteiger charge is -2.09. The molecule has 2 N–H and O–H groups in total. The van der Waals surface area contributed by atoms with Crippen LogP contribution < -0.4 is 15.2 Å². The lowest BCUT2D eigenvalue weighted by atomic mass is 10.0. The highest BCUT2D eigenvalue weighted by Gasteiger charge is 2.12. The number of benzene rings is 1. The van der Waals surface area contributed by atoms with Crippen LogP contribution in [0.1, 0.15) is 15.9 Å². The van der Waals surface area contributed by atoms with Crippen molar-refractivity contribution in [1.82, 2.24) is 4.98 Å². The number of hydrogen-bond acceptors (Lipinski definition) is 5. The van der Waals surface area contributed by atoms with E-state index in [-0.39, 0.29) is 5.78 Å². The zero-order valence-electron chi connectivity index (χ0n) is 10.7. The van der Waals surface area contributed by atoms with Crippen LogP contribution in [0.2, 0.25) is 0 Å². The lowest BCUT2D eigenvalue weighted by molar-refractivity contribution is 0.103. The van der Waals surface area contributed by atoms with Gasteiger partial charge in [-0.05, 0) is 30.3 Å². The SMILES string of the molecule is COc1ccc(C(=O)c2ccc(N)nc2)cc1OC. The molecule has 5 heteroatoms. The minimum Gasteiger partial charge on any atom is -0.493 e. The monoisotopic (exact) mass is 258 g/mol. The Bertz CT molecular complexity index is 594. The molecule has 0 atom stereocenters. The van der Waals surface area contributed by atoms with Gasteiger partial charge in [0.2, 0.25) is 0 Å². The molecule has 0 spiro atoms. The first-order chi connectivity index (χ1) is 9.15. The molecule has 98 valence electrons.